The molecule has 0 aliphatic heterocycles. The molecule has 6 heteroatoms. The molecule has 6 nitrogen and oxygen atoms in total. The highest BCUT2D eigenvalue weighted by Crippen LogP contribution is 2.17. The summed E-state index contributed by atoms with van der Waals surface area (Å²) in [5.41, 5.74) is 2.00. The van der Waals surface area contributed by atoms with Gasteiger partial charge in [0.1, 0.15) is 0 Å². The van der Waals surface area contributed by atoms with Gasteiger partial charge in [-0.2, -0.15) is 5.10 Å². The zero-order valence-corrected chi connectivity index (χ0v) is 12.0. The number of nitrogens with zero attached hydrogens (tertiary/aromatic N) is 4. The van der Waals surface area contributed by atoms with E-state index < -0.39 is 0 Å². The molecule has 0 fully saturated rings. The Kier molecular flexibility index (Phi) is 4.45. The minimum Gasteiger partial charge on any atom is -0.462 e. The van der Waals surface area contributed by atoms with Crippen LogP contribution >= 0.6 is 0 Å². The topological polar surface area (TPSA) is 69.9 Å². The quantitative estimate of drug-likeness (QED) is 0.780. The van der Waals surface area contributed by atoms with E-state index in [1.807, 2.05) is 20.2 Å². The van der Waals surface area contributed by atoms with Crippen LogP contribution in [0.1, 0.15) is 36.3 Å². The SMILES string of the molecule is CCCc1nc(-c2cnn(C)c2)ncc1C(=O)OCC. The first-order valence-electron chi connectivity index (χ1n) is 6.67. The molecule has 2 rings (SSSR count). The van der Waals surface area contributed by atoms with Crippen LogP contribution in [0.25, 0.3) is 11.4 Å². The molecule has 0 unspecified atom stereocenters. The van der Waals surface area contributed by atoms with Crippen molar-refractivity contribution in [3.05, 3.63) is 29.8 Å². The van der Waals surface area contributed by atoms with Crippen LogP contribution in [0.3, 0.4) is 0 Å². The van der Waals surface area contributed by atoms with Crippen molar-refractivity contribution in [2.75, 3.05) is 6.61 Å². The Labute approximate surface area is 117 Å². The van der Waals surface area contributed by atoms with Gasteiger partial charge in [-0.25, -0.2) is 14.8 Å². The van der Waals surface area contributed by atoms with Crippen molar-refractivity contribution in [2.24, 2.45) is 7.05 Å². The van der Waals surface area contributed by atoms with E-state index in [9.17, 15) is 4.79 Å². The lowest BCUT2D eigenvalue weighted by Gasteiger charge is -2.08. The Morgan fingerprint density at radius 2 is 2.15 bits per heavy atom. The summed E-state index contributed by atoms with van der Waals surface area (Å²) in [6.07, 6.45) is 6.70. The van der Waals surface area contributed by atoms with Crippen molar-refractivity contribution >= 4 is 5.97 Å². The molecule has 0 saturated carbocycles. The van der Waals surface area contributed by atoms with Crippen molar-refractivity contribution in [3.63, 3.8) is 0 Å². The molecule has 106 valence electrons. The lowest BCUT2D eigenvalue weighted by molar-refractivity contribution is 0.0524. The van der Waals surface area contributed by atoms with Gasteiger partial charge in [0.2, 0.25) is 0 Å². The van der Waals surface area contributed by atoms with Crippen molar-refractivity contribution in [2.45, 2.75) is 26.7 Å². The lowest BCUT2D eigenvalue weighted by atomic mass is 10.1. The number of hydrogen-bond donors (Lipinski definition) is 0. The fourth-order valence-corrected chi connectivity index (χ4v) is 1.90. The Morgan fingerprint density at radius 1 is 1.35 bits per heavy atom. The maximum Gasteiger partial charge on any atom is 0.341 e. The summed E-state index contributed by atoms with van der Waals surface area (Å²) in [6, 6.07) is 0. The highest BCUT2D eigenvalue weighted by molar-refractivity contribution is 5.90. The number of ether oxygens (including phenoxy) is 1. The van der Waals surface area contributed by atoms with Crippen molar-refractivity contribution in [1.29, 1.82) is 0 Å². The number of carbonyl (C=O) groups is 1. The lowest BCUT2D eigenvalue weighted by Crippen LogP contribution is -2.11. The number of aryl methyl sites for hydroxylation is 2. The van der Waals surface area contributed by atoms with Gasteiger partial charge < -0.3 is 4.74 Å². The largest absolute Gasteiger partial charge is 0.462 e. The zero-order valence-electron chi connectivity index (χ0n) is 12.0. The Balaban J connectivity index is 2.39. The van der Waals surface area contributed by atoms with Crippen LogP contribution in [0.4, 0.5) is 0 Å². The van der Waals surface area contributed by atoms with Gasteiger partial charge in [0.05, 0.1) is 29.6 Å². The van der Waals surface area contributed by atoms with Crippen LogP contribution in [0, 0.1) is 0 Å². The van der Waals surface area contributed by atoms with Gasteiger partial charge in [-0.1, -0.05) is 13.3 Å². The van der Waals surface area contributed by atoms with Gasteiger partial charge in [0.15, 0.2) is 5.82 Å². The second-order valence-corrected chi connectivity index (χ2v) is 4.43. The second-order valence-electron chi connectivity index (χ2n) is 4.43. The molecule has 0 radical (unpaired) electrons. The summed E-state index contributed by atoms with van der Waals surface area (Å²) >= 11 is 0. The monoisotopic (exact) mass is 274 g/mol. The highest BCUT2D eigenvalue weighted by Gasteiger charge is 2.16. The van der Waals surface area contributed by atoms with Crippen molar-refractivity contribution in [3.8, 4) is 11.4 Å². The normalized spacial score (nSPS) is 10.6. The maximum atomic E-state index is 11.9. The standard InChI is InChI=1S/C14H18N4O2/c1-4-6-12-11(14(19)20-5-2)8-15-13(17-12)10-7-16-18(3)9-10/h7-9H,4-6H2,1-3H3. The molecule has 0 bridgehead atoms. The number of carbonyl (C=O) groups excluding carboxylic acids is 1. The smallest absolute Gasteiger partial charge is 0.341 e. The molecule has 20 heavy (non-hydrogen) atoms. The number of esters is 1. The van der Waals surface area contributed by atoms with Crippen LogP contribution in [-0.4, -0.2) is 32.3 Å². The van der Waals surface area contributed by atoms with E-state index in [0.29, 0.717) is 24.4 Å². The van der Waals surface area contributed by atoms with E-state index in [2.05, 4.69) is 15.1 Å². The Hall–Kier alpha value is -2.24. The third-order valence-electron chi connectivity index (χ3n) is 2.81. The Morgan fingerprint density at radius 3 is 2.75 bits per heavy atom. The second kappa shape index (κ2) is 6.27. The number of rotatable bonds is 5. The minimum absolute atomic E-state index is 0.342. The number of aromatic nitrogens is 4. The van der Waals surface area contributed by atoms with E-state index in [1.165, 1.54) is 0 Å². The molecule has 2 aromatic heterocycles. The summed E-state index contributed by atoms with van der Waals surface area (Å²) in [7, 11) is 1.84. The van der Waals surface area contributed by atoms with Gasteiger partial charge in [-0.3, -0.25) is 4.68 Å². The van der Waals surface area contributed by atoms with Crippen LogP contribution < -0.4 is 0 Å². The predicted octanol–water partition coefficient (Wildman–Crippen LogP) is 2.01. The van der Waals surface area contributed by atoms with Crippen molar-refractivity contribution < 1.29 is 9.53 Å². The molecule has 0 aliphatic rings. The van der Waals surface area contributed by atoms with E-state index in [0.717, 1.165) is 17.7 Å². The van der Waals surface area contributed by atoms with Gasteiger partial charge >= 0.3 is 5.97 Å². The minimum atomic E-state index is -0.367. The number of hydrogen-bond acceptors (Lipinski definition) is 5. The van der Waals surface area contributed by atoms with Gasteiger partial charge in [0.25, 0.3) is 0 Å². The average molecular weight is 274 g/mol. The van der Waals surface area contributed by atoms with Gasteiger partial charge in [-0.05, 0) is 13.3 Å². The molecule has 2 heterocycles. The molecule has 0 N–H and O–H groups in total. The zero-order chi connectivity index (χ0) is 14.5. The summed E-state index contributed by atoms with van der Waals surface area (Å²) in [5.74, 6) is 0.211. The summed E-state index contributed by atoms with van der Waals surface area (Å²) in [5, 5.41) is 4.10. The summed E-state index contributed by atoms with van der Waals surface area (Å²) in [6.45, 7) is 4.16. The molecule has 0 spiro atoms. The van der Waals surface area contributed by atoms with Crippen molar-refractivity contribution in [1.82, 2.24) is 19.7 Å². The van der Waals surface area contributed by atoms with Crippen LogP contribution in [0.5, 0.6) is 0 Å². The molecule has 0 aromatic carbocycles. The van der Waals surface area contributed by atoms with Gasteiger partial charge in [0, 0.05) is 19.4 Å². The summed E-state index contributed by atoms with van der Waals surface area (Å²) in [4.78, 5) is 20.6. The van der Waals surface area contributed by atoms with E-state index in [-0.39, 0.29) is 5.97 Å². The molecule has 0 amide bonds. The molecular weight excluding hydrogens is 256 g/mol. The van der Waals surface area contributed by atoms with E-state index in [1.54, 1.807) is 24.0 Å². The Bertz CT molecular complexity index is 607. The van der Waals surface area contributed by atoms with Crippen LogP contribution in [0.15, 0.2) is 18.6 Å². The van der Waals surface area contributed by atoms with Gasteiger partial charge in [-0.15, -0.1) is 0 Å². The summed E-state index contributed by atoms with van der Waals surface area (Å²) < 4.78 is 6.72. The van der Waals surface area contributed by atoms with E-state index >= 15 is 0 Å². The maximum absolute atomic E-state index is 11.9. The predicted molar refractivity (Wildman–Crippen MR) is 74.2 cm³/mol. The third kappa shape index (κ3) is 3.01. The van der Waals surface area contributed by atoms with Crippen LogP contribution in [0.2, 0.25) is 0 Å². The first-order valence-corrected chi connectivity index (χ1v) is 6.67. The fraction of sp³-hybridized carbons (Fsp3) is 0.429. The third-order valence-corrected chi connectivity index (χ3v) is 2.81. The molecule has 0 aliphatic carbocycles. The average Bonchev–Trinajstić information content (AvgIpc) is 2.86. The first-order chi connectivity index (χ1) is 9.65. The first kappa shape index (κ1) is 14.2. The fourth-order valence-electron chi connectivity index (χ4n) is 1.90. The van der Waals surface area contributed by atoms with E-state index in [4.69, 9.17) is 4.74 Å². The van der Waals surface area contributed by atoms with Crippen LogP contribution in [-0.2, 0) is 18.2 Å². The molecule has 0 atom stereocenters. The highest BCUT2D eigenvalue weighted by atomic mass is 16.5. The molecule has 2 aromatic rings. The molecular formula is C14H18N4O2. The molecule has 0 saturated heterocycles.